The number of hydrogen-bond acceptors (Lipinski definition) is 5. The minimum Gasteiger partial charge on any atom is -0.469 e. The van der Waals surface area contributed by atoms with E-state index in [-0.39, 0.29) is 11.6 Å². The maximum Gasteiger partial charge on any atom is 0.258 e. The fraction of sp³-hybridized carbons (Fsp3) is 0.0769. The standard InChI is InChI=1S/C13H10FN3O2/c1-7-9(4-5-18-7)12-16-13(19-17-12)8-2-3-11(15)10(14)6-8/h2-6H,15H2,1H3. The van der Waals surface area contributed by atoms with E-state index in [1.165, 1.54) is 12.1 Å². The summed E-state index contributed by atoms with van der Waals surface area (Å²) in [6.07, 6.45) is 1.55. The zero-order chi connectivity index (χ0) is 13.4. The number of nitrogen functional groups attached to an aromatic ring is 1. The summed E-state index contributed by atoms with van der Waals surface area (Å²) >= 11 is 0. The number of anilines is 1. The zero-order valence-electron chi connectivity index (χ0n) is 10.1. The number of aryl methyl sites for hydroxylation is 1. The molecule has 5 nitrogen and oxygen atoms in total. The van der Waals surface area contributed by atoms with Crippen LogP contribution in [0.2, 0.25) is 0 Å². The summed E-state index contributed by atoms with van der Waals surface area (Å²) in [4.78, 5) is 4.21. The maximum atomic E-state index is 13.4. The molecule has 3 rings (SSSR count). The van der Waals surface area contributed by atoms with Crippen molar-refractivity contribution < 1.29 is 13.3 Å². The molecule has 0 aliphatic carbocycles. The Morgan fingerprint density at radius 1 is 1.26 bits per heavy atom. The van der Waals surface area contributed by atoms with Crippen LogP contribution in [-0.4, -0.2) is 10.1 Å². The lowest BCUT2D eigenvalue weighted by atomic mass is 10.2. The molecule has 3 aromatic rings. The van der Waals surface area contributed by atoms with Crippen LogP contribution in [-0.2, 0) is 0 Å². The molecule has 1 aromatic carbocycles. The van der Waals surface area contributed by atoms with Gasteiger partial charge in [-0.15, -0.1) is 0 Å². The lowest BCUT2D eigenvalue weighted by molar-refractivity contribution is 0.431. The predicted molar refractivity (Wildman–Crippen MR) is 66.5 cm³/mol. The van der Waals surface area contributed by atoms with Crippen molar-refractivity contribution in [3.63, 3.8) is 0 Å². The van der Waals surface area contributed by atoms with Gasteiger partial charge in [-0.05, 0) is 31.2 Å². The summed E-state index contributed by atoms with van der Waals surface area (Å²) in [5.74, 6) is 0.806. The first-order valence-corrected chi connectivity index (χ1v) is 5.59. The van der Waals surface area contributed by atoms with Gasteiger partial charge in [0, 0.05) is 5.56 Å². The Morgan fingerprint density at radius 3 is 2.79 bits per heavy atom. The normalized spacial score (nSPS) is 10.8. The molecule has 0 atom stereocenters. The molecule has 0 aliphatic heterocycles. The van der Waals surface area contributed by atoms with Gasteiger partial charge in [0.05, 0.1) is 17.5 Å². The van der Waals surface area contributed by atoms with E-state index in [1.807, 2.05) is 0 Å². The SMILES string of the molecule is Cc1occc1-c1noc(-c2ccc(N)c(F)c2)n1. The van der Waals surface area contributed by atoms with Crippen molar-refractivity contribution in [2.75, 3.05) is 5.73 Å². The summed E-state index contributed by atoms with van der Waals surface area (Å²) < 4.78 is 23.7. The first-order valence-electron chi connectivity index (χ1n) is 5.59. The number of nitrogens with zero attached hydrogens (tertiary/aromatic N) is 2. The van der Waals surface area contributed by atoms with Gasteiger partial charge in [0.15, 0.2) is 0 Å². The largest absolute Gasteiger partial charge is 0.469 e. The molecule has 0 spiro atoms. The highest BCUT2D eigenvalue weighted by atomic mass is 19.1. The van der Waals surface area contributed by atoms with Crippen molar-refractivity contribution >= 4 is 5.69 Å². The van der Waals surface area contributed by atoms with Crippen LogP contribution in [0, 0.1) is 12.7 Å². The molecule has 0 saturated heterocycles. The molecular weight excluding hydrogens is 249 g/mol. The molecule has 0 aliphatic rings. The highest BCUT2D eigenvalue weighted by Crippen LogP contribution is 2.26. The summed E-state index contributed by atoms with van der Waals surface area (Å²) in [5, 5.41) is 3.85. The lowest BCUT2D eigenvalue weighted by Gasteiger charge is -1.97. The number of aromatic nitrogens is 2. The summed E-state index contributed by atoms with van der Waals surface area (Å²) in [6, 6.07) is 6.08. The van der Waals surface area contributed by atoms with Crippen LogP contribution in [0.4, 0.5) is 10.1 Å². The Kier molecular flexibility index (Phi) is 2.56. The van der Waals surface area contributed by atoms with Gasteiger partial charge in [0.25, 0.3) is 5.89 Å². The monoisotopic (exact) mass is 259 g/mol. The number of furan rings is 1. The van der Waals surface area contributed by atoms with Crippen LogP contribution in [0.15, 0.2) is 39.5 Å². The van der Waals surface area contributed by atoms with Crippen molar-refractivity contribution in [3.05, 3.63) is 42.1 Å². The fourth-order valence-corrected chi connectivity index (χ4v) is 1.73. The van der Waals surface area contributed by atoms with Crippen molar-refractivity contribution in [2.45, 2.75) is 6.92 Å². The van der Waals surface area contributed by atoms with Gasteiger partial charge in [-0.2, -0.15) is 4.98 Å². The molecule has 19 heavy (non-hydrogen) atoms. The number of halogens is 1. The van der Waals surface area contributed by atoms with Crippen LogP contribution in [0.1, 0.15) is 5.76 Å². The highest BCUT2D eigenvalue weighted by Gasteiger charge is 2.14. The van der Waals surface area contributed by atoms with Crippen LogP contribution in [0.25, 0.3) is 22.8 Å². The van der Waals surface area contributed by atoms with Gasteiger partial charge in [-0.3, -0.25) is 0 Å². The van der Waals surface area contributed by atoms with Crippen molar-refractivity contribution in [3.8, 4) is 22.8 Å². The second kappa shape index (κ2) is 4.24. The van der Waals surface area contributed by atoms with E-state index in [9.17, 15) is 4.39 Å². The van der Waals surface area contributed by atoms with Gasteiger partial charge >= 0.3 is 0 Å². The number of nitrogens with two attached hydrogens (primary N) is 1. The first-order chi connectivity index (χ1) is 9.15. The van der Waals surface area contributed by atoms with E-state index in [2.05, 4.69) is 10.1 Å². The second-order valence-electron chi connectivity index (χ2n) is 4.05. The van der Waals surface area contributed by atoms with Gasteiger partial charge in [-0.1, -0.05) is 5.16 Å². The van der Waals surface area contributed by atoms with E-state index in [0.29, 0.717) is 17.1 Å². The van der Waals surface area contributed by atoms with E-state index >= 15 is 0 Å². The molecule has 0 bridgehead atoms. The van der Waals surface area contributed by atoms with Gasteiger partial charge in [0.2, 0.25) is 5.82 Å². The molecular formula is C13H10FN3O2. The van der Waals surface area contributed by atoms with E-state index in [4.69, 9.17) is 14.7 Å². The molecule has 0 radical (unpaired) electrons. The first kappa shape index (κ1) is 11.5. The van der Waals surface area contributed by atoms with E-state index in [0.717, 1.165) is 5.56 Å². The number of rotatable bonds is 2. The molecule has 2 heterocycles. The Bertz CT molecular complexity index is 733. The van der Waals surface area contributed by atoms with Crippen molar-refractivity contribution in [1.82, 2.24) is 10.1 Å². The molecule has 0 saturated carbocycles. The lowest BCUT2D eigenvalue weighted by Crippen LogP contribution is -1.90. The van der Waals surface area contributed by atoms with Crippen molar-refractivity contribution in [1.29, 1.82) is 0 Å². The Morgan fingerprint density at radius 2 is 2.11 bits per heavy atom. The van der Waals surface area contributed by atoms with Crippen LogP contribution in [0.3, 0.4) is 0 Å². The quantitative estimate of drug-likeness (QED) is 0.715. The average Bonchev–Trinajstić information content (AvgIpc) is 3.01. The third kappa shape index (κ3) is 1.97. The van der Waals surface area contributed by atoms with Crippen molar-refractivity contribution in [2.24, 2.45) is 0 Å². The highest BCUT2D eigenvalue weighted by molar-refractivity contribution is 5.62. The molecule has 96 valence electrons. The van der Waals surface area contributed by atoms with Crippen LogP contribution in [0.5, 0.6) is 0 Å². The van der Waals surface area contributed by atoms with Gasteiger partial charge < -0.3 is 14.7 Å². The van der Waals surface area contributed by atoms with Crippen LogP contribution >= 0.6 is 0 Å². The predicted octanol–water partition coefficient (Wildman–Crippen LogP) is 3.03. The Labute approximate surface area is 107 Å². The number of benzene rings is 1. The minimum atomic E-state index is -0.517. The molecule has 0 unspecified atom stereocenters. The maximum absolute atomic E-state index is 13.4. The van der Waals surface area contributed by atoms with Gasteiger partial charge in [-0.25, -0.2) is 4.39 Å². The third-order valence-corrected chi connectivity index (χ3v) is 2.77. The van der Waals surface area contributed by atoms with E-state index < -0.39 is 5.82 Å². The fourth-order valence-electron chi connectivity index (χ4n) is 1.73. The summed E-state index contributed by atoms with van der Waals surface area (Å²) in [5.41, 5.74) is 6.71. The van der Waals surface area contributed by atoms with E-state index in [1.54, 1.807) is 25.3 Å². The second-order valence-corrected chi connectivity index (χ2v) is 4.05. The molecule has 2 aromatic heterocycles. The molecule has 0 amide bonds. The van der Waals surface area contributed by atoms with Crippen LogP contribution < -0.4 is 5.73 Å². The Hall–Kier alpha value is -2.63. The minimum absolute atomic E-state index is 0.0779. The zero-order valence-corrected chi connectivity index (χ0v) is 10.1. The Balaban J connectivity index is 2.01. The molecule has 6 heteroatoms. The topological polar surface area (TPSA) is 78.1 Å². The summed E-state index contributed by atoms with van der Waals surface area (Å²) in [7, 11) is 0. The molecule has 2 N–H and O–H groups in total. The molecule has 0 fully saturated rings. The summed E-state index contributed by atoms with van der Waals surface area (Å²) in [6.45, 7) is 1.80. The van der Waals surface area contributed by atoms with Gasteiger partial charge in [0.1, 0.15) is 11.6 Å². The third-order valence-electron chi connectivity index (χ3n) is 2.77. The smallest absolute Gasteiger partial charge is 0.258 e. The average molecular weight is 259 g/mol. The number of hydrogen-bond donors (Lipinski definition) is 1.